The Hall–Kier alpha value is -0.570. The van der Waals surface area contributed by atoms with Gasteiger partial charge in [0.15, 0.2) is 0 Å². The summed E-state index contributed by atoms with van der Waals surface area (Å²) >= 11 is 0. The number of hydrogen-bond acceptors (Lipinski definition) is 2. The van der Waals surface area contributed by atoms with Crippen LogP contribution in [-0.2, 0) is 4.79 Å². The summed E-state index contributed by atoms with van der Waals surface area (Å²) in [5.41, 5.74) is 0. The first-order valence-electron chi connectivity index (χ1n) is 7.26. The molecule has 3 heteroatoms. The molecule has 1 rings (SSSR count). The van der Waals surface area contributed by atoms with Crippen LogP contribution in [0.3, 0.4) is 0 Å². The molecule has 0 aliphatic carbocycles. The van der Waals surface area contributed by atoms with Gasteiger partial charge >= 0.3 is 0 Å². The predicted molar refractivity (Wildman–Crippen MR) is 72.0 cm³/mol. The fourth-order valence-electron chi connectivity index (χ4n) is 2.43. The highest BCUT2D eigenvalue weighted by Gasteiger charge is 2.17. The van der Waals surface area contributed by atoms with Crippen molar-refractivity contribution in [1.29, 1.82) is 0 Å². The molecule has 2 unspecified atom stereocenters. The number of unbranched alkanes of at least 4 members (excludes halogenated alkanes) is 1. The fourth-order valence-corrected chi connectivity index (χ4v) is 2.43. The third-order valence-electron chi connectivity index (χ3n) is 3.73. The summed E-state index contributed by atoms with van der Waals surface area (Å²) in [6.07, 6.45) is 7.96. The zero-order valence-corrected chi connectivity index (χ0v) is 11.4. The van der Waals surface area contributed by atoms with E-state index in [-0.39, 0.29) is 5.91 Å². The summed E-state index contributed by atoms with van der Waals surface area (Å²) in [5, 5.41) is 6.45. The van der Waals surface area contributed by atoms with Crippen molar-refractivity contribution in [2.24, 2.45) is 5.92 Å². The molecule has 1 heterocycles. The molecule has 0 aromatic heterocycles. The van der Waals surface area contributed by atoms with E-state index in [0.717, 1.165) is 19.5 Å². The van der Waals surface area contributed by atoms with Crippen LogP contribution in [0.1, 0.15) is 58.8 Å². The van der Waals surface area contributed by atoms with Gasteiger partial charge in [0, 0.05) is 19.0 Å². The third kappa shape index (κ3) is 6.06. The van der Waals surface area contributed by atoms with Crippen molar-refractivity contribution in [3.63, 3.8) is 0 Å². The van der Waals surface area contributed by atoms with Crippen molar-refractivity contribution < 1.29 is 4.79 Å². The van der Waals surface area contributed by atoms with Gasteiger partial charge in [-0.05, 0) is 31.7 Å². The maximum absolute atomic E-state index is 11.7. The van der Waals surface area contributed by atoms with Gasteiger partial charge in [-0.2, -0.15) is 0 Å². The smallest absolute Gasteiger partial charge is 0.221 e. The Morgan fingerprint density at radius 2 is 2.29 bits per heavy atom. The van der Waals surface area contributed by atoms with Gasteiger partial charge in [0.2, 0.25) is 5.91 Å². The Bertz CT molecular complexity index is 212. The molecule has 1 aliphatic rings. The number of carbonyl (C=O) groups is 1. The molecule has 100 valence electrons. The highest BCUT2D eigenvalue weighted by molar-refractivity contribution is 5.76. The summed E-state index contributed by atoms with van der Waals surface area (Å²) < 4.78 is 0. The second-order valence-electron chi connectivity index (χ2n) is 5.22. The van der Waals surface area contributed by atoms with Crippen LogP contribution >= 0.6 is 0 Å². The minimum absolute atomic E-state index is 0.222. The maximum atomic E-state index is 11.7. The summed E-state index contributed by atoms with van der Waals surface area (Å²) in [6.45, 7) is 6.37. The van der Waals surface area contributed by atoms with E-state index in [1.807, 2.05) is 0 Å². The quantitative estimate of drug-likeness (QED) is 0.684. The van der Waals surface area contributed by atoms with Crippen molar-refractivity contribution in [1.82, 2.24) is 10.6 Å². The lowest BCUT2D eigenvalue weighted by Crippen LogP contribution is -2.34. The average Bonchev–Trinajstić information content (AvgIpc) is 2.82. The predicted octanol–water partition coefficient (Wildman–Crippen LogP) is 2.46. The largest absolute Gasteiger partial charge is 0.356 e. The lowest BCUT2D eigenvalue weighted by molar-refractivity contribution is -0.121. The molecule has 0 radical (unpaired) electrons. The first-order valence-corrected chi connectivity index (χ1v) is 7.26. The second kappa shape index (κ2) is 8.51. The van der Waals surface area contributed by atoms with Crippen molar-refractivity contribution in [3.05, 3.63) is 0 Å². The van der Waals surface area contributed by atoms with Gasteiger partial charge in [0.05, 0.1) is 0 Å². The minimum Gasteiger partial charge on any atom is -0.356 e. The topological polar surface area (TPSA) is 41.1 Å². The number of amides is 1. The lowest BCUT2D eigenvalue weighted by atomic mass is 9.99. The van der Waals surface area contributed by atoms with Crippen LogP contribution in [0.5, 0.6) is 0 Å². The summed E-state index contributed by atoms with van der Waals surface area (Å²) in [7, 11) is 0. The van der Waals surface area contributed by atoms with Crippen LogP contribution in [-0.4, -0.2) is 25.0 Å². The van der Waals surface area contributed by atoms with E-state index in [9.17, 15) is 4.79 Å². The molecule has 0 aromatic carbocycles. The lowest BCUT2D eigenvalue weighted by Gasteiger charge is -2.16. The molecule has 0 saturated carbocycles. The molecule has 17 heavy (non-hydrogen) atoms. The van der Waals surface area contributed by atoms with Crippen LogP contribution in [0.4, 0.5) is 0 Å². The molecule has 2 N–H and O–H groups in total. The van der Waals surface area contributed by atoms with Gasteiger partial charge in [-0.1, -0.05) is 33.1 Å². The molecule has 3 nitrogen and oxygen atoms in total. The second-order valence-corrected chi connectivity index (χ2v) is 5.22. The van der Waals surface area contributed by atoms with Crippen LogP contribution < -0.4 is 10.6 Å². The van der Waals surface area contributed by atoms with Crippen molar-refractivity contribution in [3.8, 4) is 0 Å². The van der Waals surface area contributed by atoms with E-state index in [2.05, 4.69) is 24.5 Å². The highest BCUT2D eigenvalue weighted by Crippen LogP contribution is 2.12. The Balaban J connectivity index is 2.12. The average molecular weight is 240 g/mol. The molecule has 1 fully saturated rings. The molecule has 0 aromatic rings. The number of nitrogens with one attached hydrogen (secondary N) is 2. The van der Waals surface area contributed by atoms with Crippen LogP contribution in [0.2, 0.25) is 0 Å². The summed E-state index contributed by atoms with van der Waals surface area (Å²) in [5.74, 6) is 0.884. The normalized spacial score (nSPS) is 21.4. The molecular formula is C14H28N2O. The van der Waals surface area contributed by atoms with Crippen molar-refractivity contribution in [2.75, 3.05) is 13.1 Å². The van der Waals surface area contributed by atoms with Crippen molar-refractivity contribution >= 4 is 5.91 Å². The van der Waals surface area contributed by atoms with E-state index in [1.165, 1.54) is 32.1 Å². The van der Waals surface area contributed by atoms with E-state index in [4.69, 9.17) is 0 Å². The van der Waals surface area contributed by atoms with Gasteiger partial charge in [-0.3, -0.25) is 4.79 Å². The molecule has 1 amide bonds. The first-order chi connectivity index (χ1) is 8.26. The molecule has 0 spiro atoms. The van der Waals surface area contributed by atoms with Crippen LogP contribution in [0.25, 0.3) is 0 Å². The molecule has 2 atom stereocenters. The van der Waals surface area contributed by atoms with E-state index in [1.54, 1.807) is 0 Å². The maximum Gasteiger partial charge on any atom is 0.221 e. The van der Waals surface area contributed by atoms with Gasteiger partial charge in [0.1, 0.15) is 0 Å². The summed E-state index contributed by atoms with van der Waals surface area (Å²) in [4.78, 5) is 11.7. The van der Waals surface area contributed by atoms with Crippen LogP contribution in [0.15, 0.2) is 0 Å². The zero-order valence-electron chi connectivity index (χ0n) is 11.4. The van der Waals surface area contributed by atoms with Crippen LogP contribution in [0, 0.1) is 5.92 Å². The molecule has 1 aliphatic heterocycles. The zero-order chi connectivity index (χ0) is 12.5. The van der Waals surface area contributed by atoms with E-state index >= 15 is 0 Å². The Morgan fingerprint density at radius 3 is 2.88 bits per heavy atom. The fraction of sp³-hybridized carbons (Fsp3) is 0.929. The van der Waals surface area contributed by atoms with E-state index < -0.39 is 0 Å². The first kappa shape index (κ1) is 14.5. The third-order valence-corrected chi connectivity index (χ3v) is 3.73. The molecule has 0 bridgehead atoms. The number of rotatable bonds is 8. The Morgan fingerprint density at radius 1 is 1.47 bits per heavy atom. The SMILES string of the molecule is CCCCC(CC)CNC(=O)CC1CCCN1. The van der Waals surface area contributed by atoms with Gasteiger partial charge in [0.25, 0.3) is 0 Å². The monoisotopic (exact) mass is 240 g/mol. The minimum atomic E-state index is 0.222. The molecular weight excluding hydrogens is 212 g/mol. The molecule has 1 saturated heterocycles. The number of hydrogen-bond donors (Lipinski definition) is 2. The summed E-state index contributed by atoms with van der Waals surface area (Å²) in [6, 6.07) is 0.422. The van der Waals surface area contributed by atoms with Crippen molar-refractivity contribution in [2.45, 2.75) is 64.8 Å². The Kier molecular flexibility index (Phi) is 7.25. The highest BCUT2D eigenvalue weighted by atomic mass is 16.1. The van der Waals surface area contributed by atoms with E-state index in [0.29, 0.717) is 18.4 Å². The van der Waals surface area contributed by atoms with Gasteiger partial charge < -0.3 is 10.6 Å². The standard InChI is InChI=1S/C14H28N2O/c1-3-5-7-12(4-2)11-16-14(17)10-13-8-6-9-15-13/h12-13,15H,3-11H2,1-2H3,(H,16,17). The van der Waals surface area contributed by atoms with Gasteiger partial charge in [-0.25, -0.2) is 0 Å². The Labute approximate surface area is 106 Å². The number of carbonyl (C=O) groups excluding carboxylic acids is 1. The van der Waals surface area contributed by atoms with Gasteiger partial charge in [-0.15, -0.1) is 0 Å².